The third kappa shape index (κ3) is 3.88. The number of amides is 1. The lowest BCUT2D eigenvalue weighted by Crippen LogP contribution is -2.26. The van der Waals surface area contributed by atoms with Crippen LogP contribution in [0.1, 0.15) is 47.0 Å². The molecule has 0 aliphatic heterocycles. The van der Waals surface area contributed by atoms with Crippen LogP contribution in [0.4, 0.5) is 0 Å². The van der Waals surface area contributed by atoms with Gasteiger partial charge in [0.05, 0.1) is 12.4 Å². The van der Waals surface area contributed by atoms with Crippen molar-refractivity contribution in [3.63, 3.8) is 0 Å². The van der Waals surface area contributed by atoms with Gasteiger partial charge < -0.3 is 16.0 Å². The second kappa shape index (κ2) is 7.16. The number of imidazole rings is 1. The normalized spacial score (nSPS) is 12.3. The fraction of sp³-hybridized carbons (Fsp3) is 0.462. The molecule has 2 heterocycles. The van der Waals surface area contributed by atoms with Crippen LogP contribution in [0.2, 0.25) is 0 Å². The summed E-state index contributed by atoms with van der Waals surface area (Å²) in [6.45, 7) is 2.63. The van der Waals surface area contributed by atoms with Crippen molar-refractivity contribution >= 4 is 17.2 Å². The molecule has 0 fully saturated rings. The summed E-state index contributed by atoms with van der Waals surface area (Å²) in [6.07, 6.45) is 5.98. The quantitative estimate of drug-likeness (QED) is 0.723. The molecule has 0 bridgehead atoms. The van der Waals surface area contributed by atoms with E-state index in [0.717, 1.165) is 30.0 Å². The highest BCUT2D eigenvalue weighted by atomic mass is 32.1. The molecular formula is C13H19N5OS. The molecule has 0 aliphatic carbocycles. The third-order valence-electron chi connectivity index (χ3n) is 2.91. The predicted molar refractivity (Wildman–Crippen MR) is 78.6 cm³/mol. The Morgan fingerprint density at radius 1 is 1.60 bits per heavy atom. The minimum Gasteiger partial charge on any atom is -0.350 e. The molecule has 2 aromatic heterocycles. The van der Waals surface area contributed by atoms with Gasteiger partial charge in [-0.1, -0.05) is 13.3 Å². The minimum atomic E-state index is -0.157. The number of rotatable bonds is 7. The number of hydrogen-bond donors (Lipinski definition) is 3. The summed E-state index contributed by atoms with van der Waals surface area (Å²) in [4.78, 5) is 23.2. The molecule has 7 heteroatoms. The molecule has 20 heavy (non-hydrogen) atoms. The lowest BCUT2D eigenvalue weighted by Gasteiger charge is -2.05. The molecule has 2 aromatic rings. The van der Waals surface area contributed by atoms with E-state index >= 15 is 0 Å². The summed E-state index contributed by atoms with van der Waals surface area (Å²) in [5.74, 6) is -0.157. The van der Waals surface area contributed by atoms with Gasteiger partial charge in [-0.25, -0.2) is 9.97 Å². The molecule has 1 amide bonds. The summed E-state index contributed by atoms with van der Waals surface area (Å²) >= 11 is 1.44. The minimum absolute atomic E-state index is 0.0726. The van der Waals surface area contributed by atoms with E-state index in [4.69, 9.17) is 5.73 Å². The zero-order valence-corrected chi connectivity index (χ0v) is 12.2. The summed E-state index contributed by atoms with van der Waals surface area (Å²) in [5.41, 5.74) is 7.43. The average molecular weight is 293 g/mol. The lowest BCUT2D eigenvalue weighted by atomic mass is 10.2. The molecule has 0 radical (unpaired) electrons. The Morgan fingerprint density at radius 3 is 3.15 bits per heavy atom. The molecule has 0 saturated carbocycles. The third-order valence-corrected chi connectivity index (χ3v) is 3.88. The summed E-state index contributed by atoms with van der Waals surface area (Å²) in [5, 5.41) is 5.42. The first kappa shape index (κ1) is 14.7. The van der Waals surface area contributed by atoms with Crippen LogP contribution in [-0.2, 0) is 6.42 Å². The van der Waals surface area contributed by atoms with Crippen LogP contribution in [0.25, 0.3) is 0 Å². The molecule has 6 nitrogen and oxygen atoms in total. The molecule has 108 valence electrons. The molecule has 1 unspecified atom stereocenters. The molecule has 0 aliphatic rings. The number of nitrogens with one attached hydrogen (secondary N) is 2. The van der Waals surface area contributed by atoms with Crippen molar-refractivity contribution < 1.29 is 4.79 Å². The Balaban J connectivity index is 1.83. The molecule has 0 aromatic carbocycles. The Labute approximate surface area is 121 Å². The highest BCUT2D eigenvalue weighted by molar-refractivity contribution is 7.09. The van der Waals surface area contributed by atoms with Crippen molar-refractivity contribution in [2.45, 2.75) is 32.2 Å². The first-order chi connectivity index (χ1) is 9.70. The number of nitrogens with zero attached hydrogens (tertiary/aromatic N) is 2. The standard InChI is InChI=1S/C13H19N5OS/c1-2-3-10(14)13-18-11(7-20-13)12(19)16-5-4-9-6-15-8-17-9/h6-8,10H,2-5,14H2,1H3,(H,15,17)(H,16,19). The van der Waals surface area contributed by atoms with Crippen molar-refractivity contribution in [2.75, 3.05) is 6.54 Å². The molecule has 4 N–H and O–H groups in total. The van der Waals surface area contributed by atoms with Crippen molar-refractivity contribution in [1.82, 2.24) is 20.3 Å². The lowest BCUT2D eigenvalue weighted by molar-refractivity contribution is 0.0949. The Morgan fingerprint density at radius 2 is 2.45 bits per heavy atom. The zero-order chi connectivity index (χ0) is 14.4. The maximum absolute atomic E-state index is 11.9. The van der Waals surface area contributed by atoms with Gasteiger partial charge in [-0.3, -0.25) is 4.79 Å². The molecule has 2 rings (SSSR count). The Kier molecular flexibility index (Phi) is 5.25. The number of carbonyl (C=O) groups excluding carboxylic acids is 1. The highest BCUT2D eigenvalue weighted by Crippen LogP contribution is 2.20. The number of thiazole rings is 1. The van der Waals surface area contributed by atoms with Gasteiger partial charge in [-0.2, -0.15) is 0 Å². The molecular weight excluding hydrogens is 274 g/mol. The summed E-state index contributed by atoms with van der Waals surface area (Å²) < 4.78 is 0. The van der Waals surface area contributed by atoms with Crippen molar-refractivity contribution in [2.24, 2.45) is 5.73 Å². The van der Waals surface area contributed by atoms with Gasteiger partial charge in [0.15, 0.2) is 0 Å². The Hall–Kier alpha value is -1.73. The van der Waals surface area contributed by atoms with Crippen LogP contribution >= 0.6 is 11.3 Å². The maximum atomic E-state index is 11.9. The van der Waals surface area contributed by atoms with Gasteiger partial charge in [0.1, 0.15) is 10.7 Å². The number of aromatic amines is 1. The van der Waals surface area contributed by atoms with Crippen molar-refractivity contribution in [3.8, 4) is 0 Å². The van der Waals surface area contributed by atoms with Gasteiger partial charge in [0, 0.05) is 30.2 Å². The predicted octanol–water partition coefficient (Wildman–Crippen LogP) is 1.64. The first-order valence-electron chi connectivity index (χ1n) is 6.67. The van der Waals surface area contributed by atoms with E-state index in [0.29, 0.717) is 12.2 Å². The fourth-order valence-electron chi connectivity index (χ4n) is 1.82. The van der Waals surface area contributed by atoms with Crippen molar-refractivity contribution in [3.05, 3.63) is 34.3 Å². The van der Waals surface area contributed by atoms with Gasteiger partial charge in [-0.15, -0.1) is 11.3 Å². The van der Waals surface area contributed by atoms with E-state index in [-0.39, 0.29) is 11.9 Å². The molecule has 0 saturated heterocycles. The van der Waals surface area contributed by atoms with Gasteiger partial charge in [-0.05, 0) is 6.42 Å². The second-order valence-electron chi connectivity index (χ2n) is 4.55. The van der Waals surface area contributed by atoms with Gasteiger partial charge in [0.2, 0.25) is 0 Å². The van der Waals surface area contributed by atoms with E-state index in [1.165, 1.54) is 11.3 Å². The molecule has 0 spiro atoms. The Bertz CT molecular complexity index is 537. The van der Waals surface area contributed by atoms with Crippen LogP contribution in [0.3, 0.4) is 0 Å². The van der Waals surface area contributed by atoms with E-state index < -0.39 is 0 Å². The fourth-order valence-corrected chi connectivity index (χ4v) is 2.66. The summed E-state index contributed by atoms with van der Waals surface area (Å²) in [6, 6.07) is -0.0726. The SMILES string of the molecule is CCCC(N)c1nc(C(=O)NCCc2cnc[nH]2)cs1. The highest BCUT2D eigenvalue weighted by Gasteiger charge is 2.14. The second-order valence-corrected chi connectivity index (χ2v) is 5.44. The topological polar surface area (TPSA) is 96.7 Å². The number of hydrogen-bond acceptors (Lipinski definition) is 5. The van der Waals surface area contributed by atoms with E-state index in [1.807, 2.05) is 0 Å². The van der Waals surface area contributed by atoms with Crippen LogP contribution in [0, 0.1) is 0 Å². The van der Waals surface area contributed by atoms with Crippen LogP contribution in [-0.4, -0.2) is 27.4 Å². The van der Waals surface area contributed by atoms with Crippen LogP contribution in [0.5, 0.6) is 0 Å². The summed E-state index contributed by atoms with van der Waals surface area (Å²) in [7, 11) is 0. The van der Waals surface area contributed by atoms with E-state index in [1.54, 1.807) is 17.9 Å². The van der Waals surface area contributed by atoms with Gasteiger partial charge >= 0.3 is 0 Å². The van der Waals surface area contributed by atoms with Crippen LogP contribution < -0.4 is 11.1 Å². The number of aromatic nitrogens is 3. The number of carbonyl (C=O) groups is 1. The van der Waals surface area contributed by atoms with Crippen molar-refractivity contribution in [1.29, 1.82) is 0 Å². The van der Waals surface area contributed by atoms with E-state index in [9.17, 15) is 4.79 Å². The van der Waals surface area contributed by atoms with Crippen LogP contribution in [0.15, 0.2) is 17.9 Å². The number of nitrogens with two attached hydrogens (primary N) is 1. The first-order valence-corrected chi connectivity index (χ1v) is 7.55. The zero-order valence-electron chi connectivity index (χ0n) is 11.4. The maximum Gasteiger partial charge on any atom is 0.270 e. The molecule has 1 atom stereocenters. The van der Waals surface area contributed by atoms with Gasteiger partial charge in [0.25, 0.3) is 5.91 Å². The van der Waals surface area contributed by atoms with E-state index in [2.05, 4.69) is 27.2 Å². The average Bonchev–Trinajstić information content (AvgIpc) is 3.10. The smallest absolute Gasteiger partial charge is 0.270 e. The monoisotopic (exact) mass is 293 g/mol. The number of H-pyrrole nitrogens is 1. The largest absolute Gasteiger partial charge is 0.350 e.